The average molecular weight is 701 g/mol. The summed E-state index contributed by atoms with van der Waals surface area (Å²) in [5.74, 6) is 0.780. The fourth-order valence-electron chi connectivity index (χ4n) is 8.52. The van der Waals surface area contributed by atoms with E-state index in [-0.39, 0.29) is 43.7 Å². The Morgan fingerprint density at radius 2 is 0.842 bits per heavy atom. The van der Waals surface area contributed by atoms with Crippen molar-refractivity contribution in [2.75, 3.05) is 0 Å². The van der Waals surface area contributed by atoms with Crippen molar-refractivity contribution in [3.63, 3.8) is 0 Å². The molecule has 0 fully saturated rings. The Labute approximate surface area is 341 Å². The van der Waals surface area contributed by atoms with Crippen molar-refractivity contribution >= 4 is 161 Å². The van der Waals surface area contributed by atoms with Gasteiger partial charge in [-0.3, -0.25) is 4.57 Å². The second-order valence-electron chi connectivity index (χ2n) is 14.5. The highest BCUT2D eigenvalue weighted by molar-refractivity contribution is 6.71. The van der Waals surface area contributed by atoms with Crippen molar-refractivity contribution in [1.82, 2.24) is 9.55 Å². The fraction of sp³-hybridized carbons (Fsp3) is 0. The topological polar surface area (TPSA) is 17.8 Å². The zero-order chi connectivity index (χ0) is 39.3. The maximum atomic E-state index is 7.00. The fourth-order valence-corrected chi connectivity index (χ4v) is 8.52. The summed E-state index contributed by atoms with van der Waals surface area (Å²) >= 11 is 0. The lowest BCUT2D eigenvalue weighted by Crippen LogP contribution is -2.50. The Morgan fingerprint density at radius 3 is 1.47 bits per heavy atom. The smallest absolute Gasteiger partial charge is 0.145 e. The molecular weight excluding hydrogens is 679 g/mol. The van der Waals surface area contributed by atoms with E-state index in [1.807, 2.05) is 78.9 Å². The molecule has 0 aliphatic rings. The molecule has 0 spiro atoms. The van der Waals surface area contributed by atoms with Crippen molar-refractivity contribution in [2.45, 2.75) is 0 Å². The van der Waals surface area contributed by atoms with E-state index in [9.17, 15) is 0 Å². The first kappa shape index (κ1) is 35.4. The monoisotopic (exact) mass is 702 g/mol. The third-order valence-corrected chi connectivity index (χ3v) is 11.4. The third kappa shape index (κ3) is 5.26. The number of rotatable bonds is 4. The van der Waals surface area contributed by atoms with Gasteiger partial charge in [0.05, 0.1) is 16.7 Å². The SMILES string of the molecule is [B]c1c([B])c([B])c2c(-c3ccc4ccccc4c3)c3c([B])c([B])c([B])c([B])c3c(-c3ccc(-c4nc5ccccc5n4-c4cccc5ccccc45)cc3)c2c1[B]. The lowest BCUT2D eigenvalue weighted by atomic mass is 9.59. The van der Waals surface area contributed by atoms with Crippen LogP contribution in [0.4, 0.5) is 0 Å². The van der Waals surface area contributed by atoms with Crippen LogP contribution in [0.25, 0.3) is 93.5 Å². The zero-order valence-corrected chi connectivity index (χ0v) is 30.7. The van der Waals surface area contributed by atoms with Crippen LogP contribution in [0.15, 0.2) is 133 Å². The van der Waals surface area contributed by atoms with Gasteiger partial charge in [-0.1, -0.05) is 131 Å². The molecule has 10 aromatic rings. The molecule has 0 unspecified atom stereocenters. The molecule has 0 aliphatic heterocycles. The van der Waals surface area contributed by atoms with Gasteiger partial charge in [-0.2, -0.15) is 0 Å². The van der Waals surface area contributed by atoms with Crippen LogP contribution in [0.5, 0.6) is 0 Å². The quantitative estimate of drug-likeness (QED) is 0.204. The summed E-state index contributed by atoms with van der Waals surface area (Å²) in [6, 6.07) is 45.1. The van der Waals surface area contributed by atoms with E-state index < -0.39 is 0 Å². The van der Waals surface area contributed by atoms with E-state index >= 15 is 0 Å². The summed E-state index contributed by atoms with van der Waals surface area (Å²) in [5.41, 5.74) is 8.36. The van der Waals surface area contributed by atoms with Crippen molar-refractivity contribution in [2.24, 2.45) is 0 Å². The highest BCUT2D eigenvalue weighted by Gasteiger charge is 2.25. The molecule has 10 heteroatoms. The molecule has 0 saturated heterocycles. The largest absolute Gasteiger partial charge is 0.292 e. The lowest BCUT2D eigenvalue weighted by Gasteiger charge is -2.28. The number of nitrogens with zero attached hydrogens (tertiary/aromatic N) is 2. The minimum absolute atomic E-state index is 0.167. The normalized spacial score (nSPS) is 11.7. The van der Waals surface area contributed by atoms with Crippen molar-refractivity contribution in [1.29, 1.82) is 0 Å². The van der Waals surface area contributed by atoms with Gasteiger partial charge in [-0.25, -0.2) is 4.98 Å². The Kier molecular flexibility index (Phi) is 8.27. The molecule has 244 valence electrons. The van der Waals surface area contributed by atoms with Crippen LogP contribution >= 0.6 is 0 Å². The highest BCUT2D eigenvalue weighted by Crippen LogP contribution is 2.42. The van der Waals surface area contributed by atoms with E-state index in [1.165, 1.54) is 0 Å². The van der Waals surface area contributed by atoms with Gasteiger partial charge < -0.3 is 0 Å². The summed E-state index contributed by atoms with van der Waals surface area (Å²) in [4.78, 5) is 5.16. The van der Waals surface area contributed by atoms with Gasteiger partial charge in [0.2, 0.25) is 0 Å². The van der Waals surface area contributed by atoms with Gasteiger partial charge in [0.1, 0.15) is 68.6 Å². The number of para-hydroxylation sites is 2. The first-order valence-corrected chi connectivity index (χ1v) is 18.5. The second-order valence-corrected chi connectivity index (χ2v) is 14.5. The molecule has 0 aliphatic carbocycles. The molecular formula is C47H22B8N2. The average Bonchev–Trinajstić information content (AvgIpc) is 3.64. The standard InChI is InChI=1S/C47H22B8N2/c48-39-35-33(25-17-19-26(20-18-25)47-56-30-13-5-6-14-32(30)57(47)31-15-7-11-24-9-3-4-12-29(24)31)36-38(42(51)46(55)44(53)40(36)49)34(37(35)41(50)45(54)43(39)52)28-21-16-23-8-1-2-10-27(23)22-28/h1-22H. The van der Waals surface area contributed by atoms with Gasteiger partial charge in [-0.15, -0.1) is 21.9 Å². The Bertz CT molecular complexity index is 3250. The van der Waals surface area contributed by atoms with Crippen molar-refractivity contribution in [3.8, 4) is 39.3 Å². The summed E-state index contributed by atoms with van der Waals surface area (Å²) in [6.45, 7) is 0. The first-order chi connectivity index (χ1) is 27.6. The van der Waals surface area contributed by atoms with E-state index in [0.717, 1.165) is 60.8 Å². The summed E-state index contributed by atoms with van der Waals surface area (Å²) < 4.78 is 2.21. The van der Waals surface area contributed by atoms with Crippen LogP contribution in [0.3, 0.4) is 0 Å². The molecule has 1 aromatic heterocycles. The van der Waals surface area contributed by atoms with E-state index in [1.54, 1.807) is 0 Å². The third-order valence-electron chi connectivity index (χ3n) is 11.4. The molecule has 0 amide bonds. The van der Waals surface area contributed by atoms with Crippen molar-refractivity contribution in [3.05, 3.63) is 133 Å². The minimum Gasteiger partial charge on any atom is -0.292 e. The molecule has 16 radical (unpaired) electrons. The molecule has 0 saturated carbocycles. The van der Waals surface area contributed by atoms with E-state index in [4.69, 9.17) is 67.8 Å². The van der Waals surface area contributed by atoms with Gasteiger partial charge in [0, 0.05) is 10.9 Å². The molecule has 0 bridgehead atoms. The van der Waals surface area contributed by atoms with E-state index in [2.05, 4.69) is 59.2 Å². The summed E-state index contributed by atoms with van der Waals surface area (Å²) in [6.07, 6.45) is 0. The number of benzene rings is 9. The number of aromatic nitrogens is 2. The molecule has 9 aromatic carbocycles. The molecule has 1 heterocycles. The maximum Gasteiger partial charge on any atom is 0.145 e. The number of imidazole rings is 1. The van der Waals surface area contributed by atoms with Crippen LogP contribution in [-0.2, 0) is 0 Å². The first-order valence-electron chi connectivity index (χ1n) is 18.5. The number of fused-ring (bicyclic) bond motifs is 5. The minimum atomic E-state index is 0.167. The lowest BCUT2D eigenvalue weighted by molar-refractivity contribution is 1.11. The Hall–Kier alpha value is -5.99. The van der Waals surface area contributed by atoms with Gasteiger partial charge >= 0.3 is 0 Å². The molecule has 10 rings (SSSR count). The van der Waals surface area contributed by atoms with Crippen LogP contribution in [-0.4, -0.2) is 72.3 Å². The molecule has 2 nitrogen and oxygen atoms in total. The molecule has 0 N–H and O–H groups in total. The van der Waals surface area contributed by atoms with Crippen molar-refractivity contribution < 1.29 is 0 Å². The zero-order valence-electron chi connectivity index (χ0n) is 30.7. The summed E-state index contributed by atoms with van der Waals surface area (Å²) in [7, 11) is 54.5. The number of hydrogen-bond donors (Lipinski definition) is 0. The van der Waals surface area contributed by atoms with E-state index in [0.29, 0.717) is 32.7 Å². The van der Waals surface area contributed by atoms with Crippen LogP contribution in [0, 0.1) is 0 Å². The van der Waals surface area contributed by atoms with Crippen LogP contribution < -0.4 is 43.7 Å². The second kappa shape index (κ2) is 13.3. The van der Waals surface area contributed by atoms with Gasteiger partial charge in [0.25, 0.3) is 0 Å². The Morgan fingerprint density at radius 1 is 0.368 bits per heavy atom. The van der Waals surface area contributed by atoms with Gasteiger partial charge in [-0.05, 0) is 84.2 Å². The maximum absolute atomic E-state index is 7.00. The summed E-state index contributed by atoms with van der Waals surface area (Å²) in [5, 5.41) is 6.61. The van der Waals surface area contributed by atoms with Gasteiger partial charge in [0.15, 0.2) is 0 Å². The predicted octanol–water partition coefficient (Wildman–Crippen LogP) is 2.99. The molecule has 0 atom stereocenters. The molecule has 57 heavy (non-hydrogen) atoms. The predicted molar refractivity (Wildman–Crippen MR) is 251 cm³/mol. The van der Waals surface area contributed by atoms with Crippen LogP contribution in [0.1, 0.15) is 0 Å². The number of hydrogen-bond acceptors (Lipinski definition) is 1. The van der Waals surface area contributed by atoms with Crippen LogP contribution in [0.2, 0.25) is 0 Å². The highest BCUT2D eigenvalue weighted by atomic mass is 15.1. The Balaban J connectivity index is 1.29.